The van der Waals surface area contributed by atoms with Gasteiger partial charge >= 0.3 is 0 Å². The molecule has 0 aliphatic heterocycles. The van der Waals surface area contributed by atoms with E-state index >= 15 is 0 Å². The van der Waals surface area contributed by atoms with Crippen molar-refractivity contribution in [3.05, 3.63) is 143 Å². The molecule has 4 heterocycles. The van der Waals surface area contributed by atoms with Crippen LogP contribution in [0.1, 0.15) is 47.8 Å². The van der Waals surface area contributed by atoms with Gasteiger partial charge in [0, 0.05) is 69.2 Å². The molecule has 0 fully saturated rings. The molecule has 0 aliphatic carbocycles. The zero-order valence-corrected chi connectivity index (χ0v) is 25.3. The maximum absolute atomic E-state index is 14.1. The van der Waals surface area contributed by atoms with Gasteiger partial charge in [0.25, 0.3) is 0 Å². The second-order valence-corrected chi connectivity index (χ2v) is 11.0. The Morgan fingerprint density at radius 3 is 1.75 bits per heavy atom. The van der Waals surface area contributed by atoms with Gasteiger partial charge in [-0.1, -0.05) is 12.1 Å². The third-order valence-corrected chi connectivity index (χ3v) is 7.64. The fourth-order valence-electron chi connectivity index (χ4n) is 5.22. The Balaban J connectivity index is 0.000000177. The number of aromatic nitrogens is 4. The van der Waals surface area contributed by atoms with E-state index in [0.717, 1.165) is 17.2 Å². The molecule has 3 aromatic carbocycles. The lowest BCUT2D eigenvalue weighted by Crippen LogP contribution is -2.10. The molecule has 48 heavy (non-hydrogen) atoms. The molecule has 8 N–H and O–H groups in total. The number of benzene rings is 3. The summed E-state index contributed by atoms with van der Waals surface area (Å²) in [6.07, 6.45) is 6.36. The van der Waals surface area contributed by atoms with Crippen LogP contribution in [0, 0.1) is 18.6 Å². The molecule has 4 aromatic heterocycles. The fraction of sp³-hybridized carbons (Fsp3) is 0.0278. The monoisotopic (exact) mass is 643 g/mol. The molecule has 0 saturated carbocycles. The minimum absolute atomic E-state index is 0.0348. The third kappa shape index (κ3) is 6.09. The highest BCUT2D eigenvalue weighted by Gasteiger charge is 2.20. The number of nitrogens with one attached hydrogen (secondary N) is 2. The maximum atomic E-state index is 14.1. The van der Waals surface area contributed by atoms with Gasteiger partial charge in [0.05, 0.1) is 11.1 Å². The van der Waals surface area contributed by atoms with Gasteiger partial charge in [0.1, 0.15) is 22.9 Å². The maximum Gasteiger partial charge on any atom is 0.248 e. The molecule has 0 atom stereocenters. The number of hydrogen-bond donors (Lipinski definition) is 5. The topological polar surface area (TPSA) is 187 Å². The molecular formula is C36H27F2N7O3. The van der Waals surface area contributed by atoms with Crippen LogP contribution in [0.3, 0.4) is 0 Å². The first-order valence-corrected chi connectivity index (χ1v) is 14.5. The number of carbonyl (C=O) groups is 3. The van der Waals surface area contributed by atoms with Gasteiger partial charge < -0.3 is 27.2 Å². The number of primary amides is 1. The van der Waals surface area contributed by atoms with Gasteiger partial charge in [0.2, 0.25) is 5.91 Å². The van der Waals surface area contributed by atoms with Crippen molar-refractivity contribution in [2.45, 2.75) is 6.92 Å². The van der Waals surface area contributed by atoms with Gasteiger partial charge in [0.15, 0.2) is 11.6 Å². The van der Waals surface area contributed by atoms with E-state index in [0.29, 0.717) is 50.1 Å². The predicted octanol–water partition coefficient (Wildman–Crippen LogP) is 6.10. The largest absolute Gasteiger partial charge is 0.399 e. The second kappa shape index (κ2) is 12.6. The molecule has 12 heteroatoms. The van der Waals surface area contributed by atoms with Crippen molar-refractivity contribution < 1.29 is 23.2 Å². The molecule has 7 aromatic rings. The Kier molecular flexibility index (Phi) is 8.22. The SMILES string of the molecule is Cc1cnc2[nH]cc(C(=O)c3cc(N)ccc3F)c2c1.NC(=O)c1cccc(-c2cnc3[nH]cc(C(=O)c4cc(N)ccc4F)c3c2)c1. The number of halogens is 2. The van der Waals surface area contributed by atoms with E-state index in [-0.39, 0.29) is 16.7 Å². The number of pyridine rings is 2. The number of nitrogens with zero attached hydrogens (tertiary/aromatic N) is 2. The fourth-order valence-corrected chi connectivity index (χ4v) is 5.22. The first-order valence-electron chi connectivity index (χ1n) is 14.5. The lowest BCUT2D eigenvalue weighted by molar-refractivity contribution is 0.0997. The van der Waals surface area contributed by atoms with Crippen molar-refractivity contribution in [1.29, 1.82) is 0 Å². The first-order chi connectivity index (χ1) is 23.0. The second-order valence-electron chi connectivity index (χ2n) is 11.0. The average molecular weight is 644 g/mol. The molecule has 7 rings (SSSR count). The van der Waals surface area contributed by atoms with Crippen molar-refractivity contribution in [2.24, 2.45) is 5.73 Å². The number of nitrogens with two attached hydrogens (primary N) is 3. The van der Waals surface area contributed by atoms with Crippen LogP contribution in [0.25, 0.3) is 33.2 Å². The number of nitrogen functional groups attached to an aromatic ring is 2. The molecular weight excluding hydrogens is 616 g/mol. The number of aromatic amines is 2. The van der Waals surface area contributed by atoms with E-state index in [1.165, 1.54) is 36.5 Å². The summed E-state index contributed by atoms with van der Waals surface area (Å²) in [5, 5.41) is 1.21. The quantitative estimate of drug-likeness (QED) is 0.107. The molecule has 0 unspecified atom stereocenters. The van der Waals surface area contributed by atoms with Crippen molar-refractivity contribution in [2.75, 3.05) is 11.5 Å². The molecule has 10 nitrogen and oxygen atoms in total. The van der Waals surface area contributed by atoms with E-state index in [2.05, 4.69) is 19.9 Å². The Bertz CT molecular complexity index is 2400. The highest BCUT2D eigenvalue weighted by atomic mass is 19.1. The number of rotatable bonds is 6. The van der Waals surface area contributed by atoms with Crippen LogP contribution in [0.2, 0.25) is 0 Å². The summed E-state index contributed by atoms with van der Waals surface area (Å²) < 4.78 is 27.9. The van der Waals surface area contributed by atoms with Gasteiger partial charge in [-0.25, -0.2) is 18.7 Å². The summed E-state index contributed by atoms with van der Waals surface area (Å²) in [5.74, 6) is -2.68. The van der Waals surface area contributed by atoms with E-state index in [4.69, 9.17) is 17.2 Å². The highest BCUT2D eigenvalue weighted by molar-refractivity contribution is 6.17. The van der Waals surface area contributed by atoms with Crippen LogP contribution >= 0.6 is 0 Å². The van der Waals surface area contributed by atoms with Gasteiger partial charge in [-0.05, 0) is 78.7 Å². The lowest BCUT2D eigenvalue weighted by atomic mass is 9.99. The number of fused-ring (bicyclic) bond motifs is 2. The minimum atomic E-state index is -0.646. The summed E-state index contributed by atoms with van der Waals surface area (Å²) in [6, 6.07) is 18.2. The number of anilines is 2. The smallest absolute Gasteiger partial charge is 0.248 e. The Labute approximate surface area is 271 Å². The van der Waals surface area contributed by atoms with E-state index < -0.39 is 29.1 Å². The summed E-state index contributed by atoms with van der Waals surface area (Å²) in [4.78, 5) is 51.1. The number of ketones is 2. The number of carbonyl (C=O) groups excluding carboxylic acids is 3. The predicted molar refractivity (Wildman–Crippen MR) is 179 cm³/mol. The zero-order chi connectivity index (χ0) is 34.1. The number of aryl methyl sites for hydroxylation is 1. The summed E-state index contributed by atoms with van der Waals surface area (Å²) in [6.45, 7) is 1.88. The van der Waals surface area contributed by atoms with Crippen molar-refractivity contribution in [3.8, 4) is 11.1 Å². The zero-order valence-electron chi connectivity index (χ0n) is 25.3. The van der Waals surface area contributed by atoms with Crippen LogP contribution < -0.4 is 17.2 Å². The third-order valence-electron chi connectivity index (χ3n) is 7.64. The molecule has 1 amide bonds. The van der Waals surface area contributed by atoms with E-state index in [9.17, 15) is 23.2 Å². The summed E-state index contributed by atoms with van der Waals surface area (Å²) >= 11 is 0. The number of H-pyrrole nitrogens is 2. The standard InChI is InChI=1S/C21H15FN4O2.C15H12FN3O/c22-18-5-4-14(23)8-16(18)19(27)17-10-26-21-15(17)7-13(9-25-21)11-2-1-3-12(6-11)20(24)28;1-8-4-10-12(7-19-15(10)18-6-8)14(20)11-5-9(17)2-3-13(11)16/h1-10H,23H2,(H2,24,28)(H,25,26);2-7H,17H2,1H3,(H,18,19). The highest BCUT2D eigenvalue weighted by Crippen LogP contribution is 2.28. The molecule has 0 bridgehead atoms. The molecule has 0 radical (unpaired) electrons. The van der Waals surface area contributed by atoms with Crippen molar-refractivity contribution in [1.82, 2.24) is 19.9 Å². The first kappa shape index (κ1) is 31.3. The summed E-state index contributed by atoms with van der Waals surface area (Å²) in [5.41, 5.74) is 21.6. The van der Waals surface area contributed by atoms with Crippen LogP contribution in [0.5, 0.6) is 0 Å². The molecule has 0 spiro atoms. The van der Waals surface area contributed by atoms with Gasteiger partial charge in [-0.2, -0.15) is 0 Å². The molecule has 238 valence electrons. The van der Waals surface area contributed by atoms with Crippen LogP contribution in [0.4, 0.5) is 20.2 Å². The average Bonchev–Trinajstić information content (AvgIpc) is 3.70. The van der Waals surface area contributed by atoms with Crippen LogP contribution in [-0.2, 0) is 0 Å². The van der Waals surface area contributed by atoms with Gasteiger partial charge in [-0.3, -0.25) is 14.4 Å². The van der Waals surface area contributed by atoms with Crippen molar-refractivity contribution in [3.63, 3.8) is 0 Å². The van der Waals surface area contributed by atoms with Crippen LogP contribution in [-0.4, -0.2) is 37.4 Å². The Hall–Kier alpha value is -6.69. The Morgan fingerprint density at radius 2 is 1.19 bits per heavy atom. The van der Waals surface area contributed by atoms with E-state index in [1.807, 2.05) is 13.0 Å². The number of hydrogen-bond acceptors (Lipinski definition) is 7. The normalized spacial score (nSPS) is 10.9. The van der Waals surface area contributed by atoms with E-state index in [1.54, 1.807) is 48.9 Å². The minimum Gasteiger partial charge on any atom is -0.399 e. The van der Waals surface area contributed by atoms with Gasteiger partial charge in [-0.15, -0.1) is 0 Å². The molecule has 0 aliphatic rings. The number of amides is 1. The summed E-state index contributed by atoms with van der Waals surface area (Å²) in [7, 11) is 0. The lowest BCUT2D eigenvalue weighted by Gasteiger charge is -2.05. The van der Waals surface area contributed by atoms with Crippen molar-refractivity contribution >= 4 is 50.9 Å². The molecule has 0 saturated heterocycles. The Morgan fingerprint density at radius 1 is 0.646 bits per heavy atom. The van der Waals surface area contributed by atoms with Crippen LogP contribution in [0.15, 0.2) is 97.6 Å².